The van der Waals surface area contributed by atoms with E-state index in [2.05, 4.69) is 39.2 Å². The van der Waals surface area contributed by atoms with Gasteiger partial charge in [-0.2, -0.15) is 0 Å². The molecule has 0 aromatic heterocycles. The highest BCUT2D eigenvalue weighted by Gasteiger charge is 2.36. The Morgan fingerprint density at radius 2 is 1.85 bits per heavy atom. The Labute approximate surface area is 169 Å². The average Bonchev–Trinajstić information content (AvgIpc) is 2.59. The van der Waals surface area contributed by atoms with Gasteiger partial charge in [0.05, 0.1) is 13.7 Å². The Morgan fingerprint density at radius 1 is 1.15 bits per heavy atom. The lowest BCUT2D eigenvalue weighted by atomic mass is 10.2. The van der Waals surface area contributed by atoms with Crippen LogP contribution < -0.4 is 10.1 Å². The fourth-order valence-electron chi connectivity index (χ4n) is 2.15. The van der Waals surface area contributed by atoms with E-state index >= 15 is 0 Å². The number of unbranched alkanes of at least 4 members (excludes halogenated alkanes) is 1. The minimum absolute atomic E-state index is 0.245. The largest absolute Gasteiger partial charge is 0.493 e. The van der Waals surface area contributed by atoms with Crippen LogP contribution in [-0.4, -0.2) is 47.7 Å². The van der Waals surface area contributed by atoms with E-state index in [-0.39, 0.29) is 5.04 Å². The maximum Gasteiger partial charge on any atom is 0.341 e. The number of esters is 1. The van der Waals surface area contributed by atoms with Crippen molar-refractivity contribution in [3.8, 4) is 5.75 Å². The van der Waals surface area contributed by atoms with Gasteiger partial charge in [-0.3, -0.25) is 0 Å². The first-order chi connectivity index (χ1) is 12.6. The summed E-state index contributed by atoms with van der Waals surface area (Å²) >= 11 is 5.94. The maximum atomic E-state index is 11.8. The molecule has 0 radical (unpaired) electrons. The Kier molecular flexibility index (Phi) is 9.80. The van der Waals surface area contributed by atoms with Gasteiger partial charge in [-0.15, -0.1) is 0 Å². The van der Waals surface area contributed by atoms with Gasteiger partial charge in [-0.05, 0) is 55.7 Å². The zero-order valence-electron chi connectivity index (χ0n) is 17.5. The van der Waals surface area contributed by atoms with E-state index in [9.17, 15) is 4.79 Å². The molecule has 0 heterocycles. The minimum Gasteiger partial charge on any atom is -0.493 e. The summed E-state index contributed by atoms with van der Waals surface area (Å²) in [7, 11) is -0.312. The Hall–Kier alpha value is -1.08. The van der Waals surface area contributed by atoms with Gasteiger partial charge in [0.2, 0.25) is 0 Å². The van der Waals surface area contributed by atoms with Crippen molar-refractivity contribution >= 4 is 25.9 Å². The lowest BCUT2D eigenvalue weighted by Crippen LogP contribution is -2.42. The van der Waals surface area contributed by atoms with Crippen LogP contribution in [0.25, 0.3) is 0 Å². The summed E-state index contributed by atoms with van der Waals surface area (Å²) in [5.74, 6) is 0.0536. The van der Waals surface area contributed by atoms with Gasteiger partial charge < -0.3 is 19.2 Å². The first-order valence-electron chi connectivity index (χ1n) is 9.44. The van der Waals surface area contributed by atoms with Crippen molar-refractivity contribution in [2.45, 2.75) is 51.7 Å². The van der Waals surface area contributed by atoms with Gasteiger partial charge >= 0.3 is 5.97 Å². The van der Waals surface area contributed by atoms with Crippen molar-refractivity contribution in [1.29, 1.82) is 0 Å². The zero-order valence-corrected chi connectivity index (χ0v) is 19.2. The molecule has 1 N–H and O–H groups in total. The van der Waals surface area contributed by atoms with Gasteiger partial charge in [0.1, 0.15) is 11.3 Å². The van der Waals surface area contributed by atoms with Crippen molar-refractivity contribution in [3.05, 3.63) is 28.8 Å². The maximum absolute atomic E-state index is 11.8. The van der Waals surface area contributed by atoms with Gasteiger partial charge in [0, 0.05) is 18.2 Å². The normalized spacial score (nSPS) is 12.1. The van der Waals surface area contributed by atoms with Crippen LogP contribution in [0.15, 0.2) is 18.2 Å². The van der Waals surface area contributed by atoms with Crippen LogP contribution in [0, 0.1) is 0 Å². The molecule has 0 atom stereocenters. The summed E-state index contributed by atoms with van der Waals surface area (Å²) in [6, 6.07) is 4.96. The molecule has 0 spiro atoms. The number of ether oxygens (including phenoxy) is 2. The van der Waals surface area contributed by atoms with Crippen LogP contribution in [0.2, 0.25) is 23.2 Å². The average molecular weight is 416 g/mol. The van der Waals surface area contributed by atoms with E-state index in [1.54, 1.807) is 18.2 Å². The molecule has 0 fully saturated rings. The smallest absolute Gasteiger partial charge is 0.341 e. The molecule has 0 aliphatic carbocycles. The number of carbonyl (C=O) groups is 1. The highest BCUT2D eigenvalue weighted by atomic mass is 35.5. The molecule has 1 aromatic rings. The molecule has 0 saturated heterocycles. The number of hydrogen-bond acceptors (Lipinski definition) is 5. The number of hydrogen-bond donors (Lipinski definition) is 1. The third-order valence-corrected chi connectivity index (χ3v) is 9.67. The summed E-state index contributed by atoms with van der Waals surface area (Å²) in [6.07, 6.45) is 1.88. The predicted octanol–water partition coefficient (Wildman–Crippen LogP) is 4.90. The van der Waals surface area contributed by atoms with E-state index in [0.717, 1.165) is 32.5 Å². The summed E-state index contributed by atoms with van der Waals surface area (Å²) in [4.78, 5) is 11.8. The Morgan fingerprint density at radius 3 is 2.48 bits per heavy atom. The molecule has 7 heteroatoms. The van der Waals surface area contributed by atoms with Gasteiger partial charge in [-0.25, -0.2) is 4.79 Å². The molecular formula is C20H34ClNO4Si. The van der Waals surface area contributed by atoms with E-state index < -0.39 is 14.3 Å². The molecule has 0 amide bonds. The quantitative estimate of drug-likeness (QED) is 0.316. The molecule has 0 aliphatic rings. The van der Waals surface area contributed by atoms with Gasteiger partial charge in [0.25, 0.3) is 0 Å². The van der Waals surface area contributed by atoms with Gasteiger partial charge in [-0.1, -0.05) is 32.4 Å². The minimum atomic E-state index is -1.65. The summed E-state index contributed by atoms with van der Waals surface area (Å²) in [5, 5.41) is 4.13. The fraction of sp³-hybridized carbons (Fsp3) is 0.650. The Balaban J connectivity index is 2.21. The van der Waals surface area contributed by atoms with Crippen molar-refractivity contribution < 1.29 is 18.7 Å². The lowest BCUT2D eigenvalue weighted by molar-refractivity contribution is 0.0596. The third-order valence-electron chi connectivity index (χ3n) is 4.90. The predicted molar refractivity (Wildman–Crippen MR) is 114 cm³/mol. The molecule has 1 rings (SSSR count). The zero-order chi connectivity index (χ0) is 20.5. The van der Waals surface area contributed by atoms with Crippen molar-refractivity contribution in [3.63, 3.8) is 0 Å². The van der Waals surface area contributed by atoms with Gasteiger partial charge in [0.15, 0.2) is 8.32 Å². The molecule has 0 saturated carbocycles. The fourth-order valence-corrected chi connectivity index (χ4v) is 3.37. The van der Waals surface area contributed by atoms with Crippen molar-refractivity contribution in [1.82, 2.24) is 5.32 Å². The first-order valence-corrected chi connectivity index (χ1v) is 12.7. The second-order valence-corrected chi connectivity index (χ2v) is 13.3. The number of halogens is 1. The van der Waals surface area contributed by atoms with Crippen LogP contribution in [0.4, 0.5) is 0 Å². The Bertz CT molecular complexity index is 602. The molecule has 27 heavy (non-hydrogen) atoms. The van der Waals surface area contributed by atoms with Crippen molar-refractivity contribution in [2.24, 2.45) is 0 Å². The van der Waals surface area contributed by atoms with Crippen LogP contribution in [0.1, 0.15) is 44.0 Å². The SMILES string of the molecule is COC(=O)c1cc(Cl)ccc1OCCCCNCCO[Si](C)(C)C(C)(C)C. The molecule has 0 unspecified atom stereocenters. The third kappa shape index (κ3) is 8.21. The molecule has 5 nitrogen and oxygen atoms in total. The summed E-state index contributed by atoms with van der Waals surface area (Å²) in [5.41, 5.74) is 0.353. The van der Waals surface area contributed by atoms with E-state index in [1.165, 1.54) is 7.11 Å². The van der Waals surface area contributed by atoms with Crippen LogP contribution in [0.3, 0.4) is 0 Å². The highest BCUT2D eigenvalue weighted by molar-refractivity contribution is 6.74. The summed E-state index contributed by atoms with van der Waals surface area (Å²) in [6.45, 7) is 14.3. The van der Waals surface area contributed by atoms with E-state index in [0.29, 0.717) is 22.9 Å². The number of carbonyl (C=O) groups excluding carboxylic acids is 1. The van der Waals surface area contributed by atoms with E-state index in [1.807, 2.05) is 0 Å². The monoisotopic (exact) mass is 415 g/mol. The second kappa shape index (κ2) is 11.0. The standard InChI is InChI=1S/C20H34ClNO4Si/c1-20(2,3)27(5,6)26-14-12-22-11-7-8-13-25-18-10-9-16(21)15-17(18)19(23)24-4/h9-10,15,22H,7-8,11-14H2,1-6H3. The highest BCUT2D eigenvalue weighted by Crippen LogP contribution is 2.36. The summed E-state index contributed by atoms with van der Waals surface area (Å²) < 4.78 is 16.6. The molecular weight excluding hydrogens is 382 g/mol. The molecule has 1 aromatic carbocycles. The number of rotatable bonds is 11. The van der Waals surface area contributed by atoms with Crippen molar-refractivity contribution in [2.75, 3.05) is 33.4 Å². The topological polar surface area (TPSA) is 56.8 Å². The number of methoxy groups -OCH3 is 1. The van der Waals surface area contributed by atoms with Crippen LogP contribution >= 0.6 is 11.6 Å². The molecule has 0 aliphatic heterocycles. The van der Waals surface area contributed by atoms with Crippen LogP contribution in [-0.2, 0) is 9.16 Å². The van der Waals surface area contributed by atoms with E-state index in [4.69, 9.17) is 25.5 Å². The van der Waals surface area contributed by atoms with Crippen LogP contribution in [0.5, 0.6) is 5.75 Å². The molecule has 154 valence electrons. The lowest BCUT2D eigenvalue weighted by Gasteiger charge is -2.36. The number of nitrogens with one attached hydrogen (secondary N) is 1. The molecule has 0 bridgehead atoms. The number of benzene rings is 1. The first kappa shape index (κ1) is 24.0. The second-order valence-electron chi connectivity index (χ2n) is 8.05.